The lowest BCUT2D eigenvalue weighted by molar-refractivity contribution is -0.121. The van der Waals surface area contributed by atoms with Gasteiger partial charge in [0.2, 0.25) is 11.8 Å². The molecule has 0 aliphatic carbocycles. The van der Waals surface area contributed by atoms with Gasteiger partial charge < -0.3 is 9.73 Å². The Labute approximate surface area is 106 Å². The Kier molecular flexibility index (Phi) is 3.46. The second kappa shape index (κ2) is 5.04. The van der Waals surface area contributed by atoms with E-state index in [4.69, 9.17) is 4.42 Å². The Bertz CT molecular complexity index is 546. The second-order valence-corrected chi connectivity index (χ2v) is 4.16. The van der Waals surface area contributed by atoms with Crippen molar-refractivity contribution in [1.82, 2.24) is 10.3 Å². The van der Waals surface area contributed by atoms with Crippen molar-refractivity contribution in [2.45, 2.75) is 19.8 Å². The third-order valence-corrected chi connectivity index (χ3v) is 2.90. The van der Waals surface area contributed by atoms with Gasteiger partial charge in [0.25, 0.3) is 0 Å². The van der Waals surface area contributed by atoms with Crippen LogP contribution in [0.1, 0.15) is 24.3 Å². The highest BCUT2D eigenvalue weighted by molar-refractivity contribution is 5.82. The Morgan fingerprint density at radius 3 is 2.61 bits per heavy atom. The summed E-state index contributed by atoms with van der Waals surface area (Å²) in [7, 11) is 1.62. The summed E-state index contributed by atoms with van der Waals surface area (Å²) < 4.78 is 5.63. The number of aromatic nitrogens is 1. The first-order chi connectivity index (χ1) is 8.63. The van der Waals surface area contributed by atoms with E-state index in [1.807, 2.05) is 44.2 Å². The van der Waals surface area contributed by atoms with Crippen LogP contribution in [-0.2, 0) is 4.79 Å². The lowest BCUT2D eigenvalue weighted by Gasteiger charge is -2.06. The standard InChI is InChI=1S/C14H16N2O2/c1-9(13(17)15-3)12-10(2)18-14(16-12)11-7-5-4-6-8-11/h4-9H,1-3H3,(H,15,17). The van der Waals surface area contributed by atoms with Gasteiger partial charge in [-0.3, -0.25) is 4.79 Å². The van der Waals surface area contributed by atoms with E-state index < -0.39 is 0 Å². The van der Waals surface area contributed by atoms with Crippen LogP contribution in [0.2, 0.25) is 0 Å². The van der Waals surface area contributed by atoms with Crippen molar-refractivity contribution in [2.24, 2.45) is 0 Å². The normalized spacial score (nSPS) is 12.2. The fourth-order valence-corrected chi connectivity index (χ4v) is 1.85. The van der Waals surface area contributed by atoms with Crippen molar-refractivity contribution in [2.75, 3.05) is 7.05 Å². The zero-order chi connectivity index (χ0) is 13.1. The smallest absolute Gasteiger partial charge is 0.228 e. The predicted octanol–water partition coefficient (Wildman–Crippen LogP) is 2.50. The van der Waals surface area contributed by atoms with Crippen LogP contribution in [0.4, 0.5) is 0 Å². The van der Waals surface area contributed by atoms with E-state index in [2.05, 4.69) is 10.3 Å². The average Bonchev–Trinajstić information content (AvgIpc) is 2.80. The molecule has 0 bridgehead atoms. The molecule has 0 aliphatic heterocycles. The number of aryl methyl sites for hydroxylation is 1. The highest BCUT2D eigenvalue weighted by atomic mass is 16.4. The molecular formula is C14H16N2O2. The molecule has 0 spiro atoms. The van der Waals surface area contributed by atoms with Gasteiger partial charge >= 0.3 is 0 Å². The highest BCUT2D eigenvalue weighted by Gasteiger charge is 2.21. The largest absolute Gasteiger partial charge is 0.441 e. The third-order valence-electron chi connectivity index (χ3n) is 2.90. The number of hydrogen-bond donors (Lipinski definition) is 1. The van der Waals surface area contributed by atoms with Crippen LogP contribution in [0.15, 0.2) is 34.7 Å². The van der Waals surface area contributed by atoms with Crippen molar-refractivity contribution in [3.05, 3.63) is 41.8 Å². The minimum absolute atomic E-state index is 0.0639. The maximum absolute atomic E-state index is 11.6. The van der Waals surface area contributed by atoms with Gasteiger partial charge in [-0.15, -0.1) is 0 Å². The van der Waals surface area contributed by atoms with Crippen LogP contribution >= 0.6 is 0 Å². The van der Waals surface area contributed by atoms with Crippen LogP contribution in [0.25, 0.3) is 11.5 Å². The number of carbonyl (C=O) groups excluding carboxylic acids is 1. The van der Waals surface area contributed by atoms with Crippen molar-refractivity contribution in [1.29, 1.82) is 0 Å². The molecule has 0 radical (unpaired) electrons. The van der Waals surface area contributed by atoms with E-state index in [9.17, 15) is 4.79 Å². The minimum Gasteiger partial charge on any atom is -0.441 e. The summed E-state index contributed by atoms with van der Waals surface area (Å²) in [6.45, 7) is 3.65. The lowest BCUT2D eigenvalue weighted by Crippen LogP contribution is -2.24. The van der Waals surface area contributed by atoms with E-state index in [1.54, 1.807) is 7.05 Å². The lowest BCUT2D eigenvalue weighted by atomic mass is 10.1. The number of amides is 1. The van der Waals surface area contributed by atoms with Gasteiger partial charge in [-0.05, 0) is 26.0 Å². The van der Waals surface area contributed by atoms with E-state index in [1.165, 1.54) is 0 Å². The van der Waals surface area contributed by atoms with Gasteiger partial charge in [0.15, 0.2) is 0 Å². The fourth-order valence-electron chi connectivity index (χ4n) is 1.85. The number of hydrogen-bond acceptors (Lipinski definition) is 3. The maximum atomic E-state index is 11.6. The number of oxazole rings is 1. The maximum Gasteiger partial charge on any atom is 0.228 e. The van der Waals surface area contributed by atoms with Gasteiger partial charge in [0.05, 0.1) is 11.6 Å². The molecule has 0 saturated carbocycles. The fraction of sp³-hybridized carbons (Fsp3) is 0.286. The number of nitrogens with zero attached hydrogens (tertiary/aromatic N) is 1. The molecule has 1 aromatic carbocycles. The van der Waals surface area contributed by atoms with E-state index in [-0.39, 0.29) is 11.8 Å². The van der Waals surface area contributed by atoms with Gasteiger partial charge in [-0.25, -0.2) is 4.98 Å². The van der Waals surface area contributed by atoms with Crippen molar-refractivity contribution in [3.63, 3.8) is 0 Å². The average molecular weight is 244 g/mol. The molecule has 0 aliphatic rings. The van der Waals surface area contributed by atoms with Crippen molar-refractivity contribution in [3.8, 4) is 11.5 Å². The number of nitrogens with one attached hydrogen (secondary N) is 1. The molecule has 0 fully saturated rings. The summed E-state index contributed by atoms with van der Waals surface area (Å²) in [5.41, 5.74) is 1.60. The van der Waals surface area contributed by atoms with Crippen LogP contribution < -0.4 is 5.32 Å². The summed E-state index contributed by atoms with van der Waals surface area (Å²) >= 11 is 0. The molecule has 4 nitrogen and oxygen atoms in total. The van der Waals surface area contributed by atoms with Crippen molar-refractivity contribution >= 4 is 5.91 Å². The molecule has 18 heavy (non-hydrogen) atoms. The molecule has 0 saturated heterocycles. The molecule has 1 unspecified atom stereocenters. The summed E-state index contributed by atoms with van der Waals surface area (Å²) in [6.07, 6.45) is 0. The molecule has 1 aromatic heterocycles. The molecule has 1 heterocycles. The first kappa shape index (κ1) is 12.4. The van der Waals surface area contributed by atoms with Crippen LogP contribution in [0.5, 0.6) is 0 Å². The second-order valence-electron chi connectivity index (χ2n) is 4.16. The number of likely N-dealkylation sites (N-methyl/N-ethyl adjacent to an activating group) is 1. The third kappa shape index (κ3) is 2.27. The Hall–Kier alpha value is -2.10. The Balaban J connectivity index is 2.36. The summed E-state index contributed by atoms with van der Waals surface area (Å²) in [4.78, 5) is 16.0. The van der Waals surface area contributed by atoms with Gasteiger partial charge in [-0.2, -0.15) is 0 Å². The molecule has 2 rings (SSSR count). The van der Waals surface area contributed by atoms with Crippen molar-refractivity contribution < 1.29 is 9.21 Å². The van der Waals surface area contributed by atoms with Gasteiger partial charge in [0, 0.05) is 12.6 Å². The van der Waals surface area contributed by atoms with Gasteiger partial charge in [0.1, 0.15) is 5.76 Å². The SMILES string of the molecule is CNC(=O)C(C)c1nc(-c2ccccc2)oc1C. The van der Waals surface area contributed by atoms with E-state index in [0.717, 1.165) is 5.56 Å². The first-order valence-electron chi connectivity index (χ1n) is 5.87. The quantitative estimate of drug-likeness (QED) is 0.902. The molecule has 4 heteroatoms. The molecular weight excluding hydrogens is 228 g/mol. The number of carbonyl (C=O) groups is 1. The molecule has 1 atom stereocenters. The van der Waals surface area contributed by atoms with E-state index in [0.29, 0.717) is 17.3 Å². The predicted molar refractivity (Wildman–Crippen MR) is 69.2 cm³/mol. The minimum atomic E-state index is -0.309. The topological polar surface area (TPSA) is 55.1 Å². The summed E-state index contributed by atoms with van der Waals surface area (Å²) in [5, 5.41) is 2.62. The monoisotopic (exact) mass is 244 g/mol. The van der Waals surface area contributed by atoms with Crippen LogP contribution in [0, 0.1) is 6.92 Å². The summed E-state index contributed by atoms with van der Waals surface area (Å²) in [5.74, 6) is 0.867. The zero-order valence-electron chi connectivity index (χ0n) is 10.7. The molecule has 1 N–H and O–H groups in total. The zero-order valence-corrected chi connectivity index (χ0v) is 10.7. The molecule has 1 amide bonds. The van der Waals surface area contributed by atoms with Gasteiger partial charge in [-0.1, -0.05) is 18.2 Å². The first-order valence-corrected chi connectivity index (χ1v) is 5.87. The molecule has 94 valence electrons. The van der Waals surface area contributed by atoms with E-state index >= 15 is 0 Å². The Morgan fingerprint density at radius 1 is 1.33 bits per heavy atom. The number of rotatable bonds is 3. The van der Waals surface area contributed by atoms with Crippen LogP contribution in [-0.4, -0.2) is 17.9 Å². The summed E-state index contributed by atoms with van der Waals surface area (Å²) in [6, 6.07) is 9.65. The Morgan fingerprint density at radius 2 is 2.00 bits per heavy atom. The highest BCUT2D eigenvalue weighted by Crippen LogP contribution is 2.25. The molecule has 2 aromatic rings. The van der Waals surface area contributed by atoms with Crippen LogP contribution in [0.3, 0.4) is 0 Å². The number of benzene rings is 1.